The first kappa shape index (κ1) is 16.2. The van der Waals surface area contributed by atoms with Gasteiger partial charge in [0, 0.05) is 44.6 Å². The van der Waals surface area contributed by atoms with Crippen molar-refractivity contribution in [3.05, 3.63) is 47.6 Å². The van der Waals surface area contributed by atoms with E-state index >= 15 is 0 Å². The number of ether oxygens (including phenoxy) is 1. The van der Waals surface area contributed by atoms with Crippen molar-refractivity contribution in [1.82, 2.24) is 19.9 Å². The minimum Gasteiger partial charge on any atom is -0.375 e. The number of carbonyl (C=O) groups is 1. The van der Waals surface area contributed by atoms with Crippen LogP contribution in [-0.4, -0.2) is 64.2 Å². The first-order valence-electron chi connectivity index (χ1n) is 8.68. The van der Waals surface area contributed by atoms with Crippen LogP contribution in [0.5, 0.6) is 0 Å². The lowest BCUT2D eigenvalue weighted by molar-refractivity contribution is -0.101. The molecule has 2 aliphatic heterocycles. The number of fused-ring (bicyclic) bond motifs is 1. The molecule has 7 nitrogen and oxygen atoms in total. The fourth-order valence-corrected chi connectivity index (χ4v) is 3.67. The molecule has 4 heterocycles. The molecule has 0 radical (unpaired) electrons. The predicted octanol–water partition coefficient (Wildman–Crippen LogP) is 1.49. The van der Waals surface area contributed by atoms with Crippen LogP contribution in [0.25, 0.3) is 0 Å². The largest absolute Gasteiger partial charge is 0.375 e. The molecular weight excluding hydrogens is 320 g/mol. The molecule has 0 aliphatic carbocycles. The molecule has 132 valence electrons. The van der Waals surface area contributed by atoms with Gasteiger partial charge in [0.2, 0.25) is 0 Å². The normalized spacial score (nSPS) is 24.1. The Hall–Kier alpha value is -2.25. The number of piperidine rings is 1. The zero-order valence-corrected chi connectivity index (χ0v) is 14.3. The quantitative estimate of drug-likeness (QED) is 0.842. The third kappa shape index (κ3) is 3.43. The summed E-state index contributed by atoms with van der Waals surface area (Å²) in [5.41, 5.74) is 1.61. The lowest BCUT2D eigenvalue weighted by atomic mass is 9.97. The van der Waals surface area contributed by atoms with Gasteiger partial charge in [-0.25, -0.2) is 0 Å². The van der Waals surface area contributed by atoms with Gasteiger partial charge in [-0.15, -0.1) is 0 Å². The zero-order valence-electron chi connectivity index (χ0n) is 14.3. The summed E-state index contributed by atoms with van der Waals surface area (Å²) in [5.74, 6) is 0.586. The number of nitrogens with zero attached hydrogens (tertiary/aromatic N) is 4. The first-order valence-corrected chi connectivity index (χ1v) is 8.68. The van der Waals surface area contributed by atoms with E-state index in [1.165, 1.54) is 5.56 Å². The Bertz CT molecular complexity index is 733. The lowest BCUT2D eigenvalue weighted by Crippen LogP contribution is -2.60. The molecule has 0 saturated carbocycles. The van der Waals surface area contributed by atoms with Crippen LogP contribution in [-0.2, 0) is 11.3 Å². The van der Waals surface area contributed by atoms with E-state index in [0.717, 1.165) is 26.1 Å². The monoisotopic (exact) mass is 342 g/mol. The Morgan fingerprint density at radius 1 is 1.32 bits per heavy atom. The molecule has 0 bridgehead atoms. The Balaban J connectivity index is 1.48. The van der Waals surface area contributed by atoms with E-state index < -0.39 is 0 Å². The number of likely N-dealkylation sites (tertiary alicyclic amines) is 1. The lowest BCUT2D eigenvalue weighted by Gasteiger charge is -2.47. The molecule has 2 aromatic heterocycles. The fourth-order valence-electron chi connectivity index (χ4n) is 3.67. The van der Waals surface area contributed by atoms with Crippen molar-refractivity contribution >= 4 is 5.91 Å². The first-order chi connectivity index (χ1) is 12.2. The average Bonchev–Trinajstić information content (AvgIpc) is 3.08. The van der Waals surface area contributed by atoms with Gasteiger partial charge >= 0.3 is 0 Å². The van der Waals surface area contributed by atoms with Gasteiger partial charge < -0.3 is 14.2 Å². The number of hydrogen-bond donors (Lipinski definition) is 0. The van der Waals surface area contributed by atoms with Crippen LogP contribution in [0.2, 0.25) is 0 Å². The maximum Gasteiger partial charge on any atom is 0.276 e. The summed E-state index contributed by atoms with van der Waals surface area (Å²) in [6.07, 6.45) is 4.66. The van der Waals surface area contributed by atoms with Crippen LogP contribution in [0.1, 0.15) is 28.2 Å². The van der Waals surface area contributed by atoms with E-state index in [4.69, 9.17) is 9.26 Å². The number of aromatic nitrogens is 2. The second-order valence-corrected chi connectivity index (χ2v) is 6.67. The number of aryl methyl sites for hydroxylation is 1. The van der Waals surface area contributed by atoms with Crippen molar-refractivity contribution in [3.8, 4) is 0 Å². The SMILES string of the molecule is Cc1cc(C(=O)N2CC[C@H]3OCCN(Cc4ccncc4)[C@@H]3C2)no1. The highest BCUT2D eigenvalue weighted by Crippen LogP contribution is 2.25. The maximum absolute atomic E-state index is 12.7. The minimum absolute atomic E-state index is 0.0651. The van der Waals surface area contributed by atoms with Gasteiger partial charge in [-0.3, -0.25) is 14.7 Å². The molecule has 2 aromatic rings. The van der Waals surface area contributed by atoms with Gasteiger partial charge in [-0.05, 0) is 31.0 Å². The highest BCUT2D eigenvalue weighted by molar-refractivity contribution is 5.92. The molecule has 0 aromatic carbocycles. The van der Waals surface area contributed by atoms with E-state index in [1.807, 2.05) is 29.4 Å². The Labute approximate surface area is 146 Å². The van der Waals surface area contributed by atoms with Gasteiger partial charge in [0.25, 0.3) is 5.91 Å². The summed E-state index contributed by atoms with van der Waals surface area (Å²) >= 11 is 0. The number of hydrogen-bond acceptors (Lipinski definition) is 6. The van der Waals surface area contributed by atoms with Crippen LogP contribution in [0.4, 0.5) is 0 Å². The van der Waals surface area contributed by atoms with Gasteiger partial charge in [-0.1, -0.05) is 5.16 Å². The molecular formula is C18H22N4O3. The third-order valence-electron chi connectivity index (χ3n) is 4.97. The summed E-state index contributed by atoms with van der Waals surface area (Å²) < 4.78 is 11.0. The van der Waals surface area contributed by atoms with E-state index in [-0.39, 0.29) is 18.1 Å². The van der Waals surface area contributed by atoms with E-state index in [2.05, 4.69) is 15.0 Å². The summed E-state index contributed by atoms with van der Waals surface area (Å²) in [6.45, 7) is 5.59. The summed E-state index contributed by atoms with van der Waals surface area (Å²) in [7, 11) is 0. The van der Waals surface area contributed by atoms with Crippen LogP contribution in [0.15, 0.2) is 35.1 Å². The number of amides is 1. The number of rotatable bonds is 3. The highest BCUT2D eigenvalue weighted by atomic mass is 16.5. The molecule has 2 fully saturated rings. The van der Waals surface area contributed by atoms with Crippen LogP contribution >= 0.6 is 0 Å². The predicted molar refractivity (Wildman–Crippen MR) is 89.9 cm³/mol. The van der Waals surface area contributed by atoms with Crippen molar-refractivity contribution in [2.75, 3.05) is 26.2 Å². The van der Waals surface area contributed by atoms with Crippen molar-refractivity contribution in [2.45, 2.75) is 32.0 Å². The van der Waals surface area contributed by atoms with Gasteiger partial charge in [0.15, 0.2) is 5.69 Å². The van der Waals surface area contributed by atoms with Crippen LogP contribution in [0.3, 0.4) is 0 Å². The molecule has 1 amide bonds. The topological polar surface area (TPSA) is 71.7 Å². The second kappa shape index (κ2) is 6.93. The minimum atomic E-state index is -0.0651. The molecule has 0 unspecified atom stereocenters. The summed E-state index contributed by atoms with van der Waals surface area (Å²) in [6, 6.07) is 5.97. The van der Waals surface area contributed by atoms with Crippen molar-refractivity contribution in [1.29, 1.82) is 0 Å². The smallest absolute Gasteiger partial charge is 0.276 e. The maximum atomic E-state index is 12.7. The summed E-state index contributed by atoms with van der Waals surface area (Å²) in [4.78, 5) is 21.0. The highest BCUT2D eigenvalue weighted by Gasteiger charge is 2.39. The Morgan fingerprint density at radius 2 is 2.16 bits per heavy atom. The van der Waals surface area contributed by atoms with Crippen LogP contribution in [0, 0.1) is 6.92 Å². The van der Waals surface area contributed by atoms with Gasteiger partial charge in [-0.2, -0.15) is 0 Å². The zero-order chi connectivity index (χ0) is 17.2. The molecule has 0 spiro atoms. The molecule has 0 N–H and O–H groups in total. The molecule has 2 atom stereocenters. The molecule has 25 heavy (non-hydrogen) atoms. The molecule has 4 rings (SSSR count). The van der Waals surface area contributed by atoms with Gasteiger partial charge in [0.1, 0.15) is 5.76 Å². The summed E-state index contributed by atoms with van der Waals surface area (Å²) in [5, 5.41) is 3.86. The second-order valence-electron chi connectivity index (χ2n) is 6.67. The number of pyridine rings is 1. The van der Waals surface area contributed by atoms with Crippen LogP contribution < -0.4 is 0 Å². The molecule has 2 saturated heterocycles. The number of morpholine rings is 1. The Kier molecular flexibility index (Phi) is 4.50. The van der Waals surface area contributed by atoms with E-state index in [9.17, 15) is 4.79 Å². The standard InChI is InChI=1S/C18H22N4O3/c1-13-10-15(20-25-13)18(23)22-7-4-17-16(12-22)21(8-9-24-17)11-14-2-5-19-6-3-14/h2-3,5-6,10,16-17H,4,7-9,11-12H2,1H3/t16-,17-/m1/s1. The van der Waals surface area contributed by atoms with Crippen molar-refractivity contribution < 1.29 is 14.1 Å². The molecule has 2 aliphatic rings. The van der Waals surface area contributed by atoms with E-state index in [0.29, 0.717) is 24.5 Å². The fraction of sp³-hybridized carbons (Fsp3) is 0.500. The third-order valence-corrected chi connectivity index (χ3v) is 4.97. The van der Waals surface area contributed by atoms with Crippen molar-refractivity contribution in [3.63, 3.8) is 0 Å². The van der Waals surface area contributed by atoms with Gasteiger partial charge in [0.05, 0.1) is 18.8 Å². The number of carbonyl (C=O) groups excluding carboxylic acids is 1. The Morgan fingerprint density at radius 3 is 2.92 bits per heavy atom. The van der Waals surface area contributed by atoms with Crippen molar-refractivity contribution in [2.24, 2.45) is 0 Å². The molecule has 7 heteroatoms. The average molecular weight is 342 g/mol. The van der Waals surface area contributed by atoms with E-state index in [1.54, 1.807) is 13.0 Å².